The first-order chi connectivity index (χ1) is 10.4. The maximum Gasteiger partial charge on any atom is 0.271 e. The zero-order valence-corrected chi connectivity index (χ0v) is 14.5. The molecule has 1 N–H and O–H groups in total. The van der Waals surface area contributed by atoms with Crippen LogP contribution in [0.2, 0.25) is 0 Å². The Morgan fingerprint density at radius 1 is 1.27 bits per heavy atom. The summed E-state index contributed by atoms with van der Waals surface area (Å²) in [5, 5.41) is 20.9. The number of nitro benzene ring substituents is 1. The van der Waals surface area contributed by atoms with Gasteiger partial charge in [-0.2, -0.15) is 0 Å². The number of rotatable bonds is 4. The molecule has 0 amide bonds. The van der Waals surface area contributed by atoms with Gasteiger partial charge in [-0.25, -0.2) is 0 Å². The monoisotopic (exact) mass is 428 g/mol. The molecular formula is C14H10Br2N2O4. The Labute approximate surface area is 142 Å². The molecule has 0 saturated carbocycles. The average Bonchev–Trinajstić information content (AvgIpc) is 2.50. The van der Waals surface area contributed by atoms with Crippen molar-refractivity contribution in [3.05, 3.63) is 55.0 Å². The highest BCUT2D eigenvalue weighted by molar-refractivity contribution is 9.11. The summed E-state index contributed by atoms with van der Waals surface area (Å²) in [7, 11) is 1.45. The predicted molar refractivity (Wildman–Crippen MR) is 90.4 cm³/mol. The lowest BCUT2D eigenvalue weighted by atomic mass is 10.2. The largest absolute Gasteiger partial charge is 0.506 e. The van der Waals surface area contributed by atoms with Crippen molar-refractivity contribution < 1.29 is 14.8 Å². The maximum absolute atomic E-state index is 10.8. The molecule has 114 valence electrons. The molecule has 0 fully saturated rings. The van der Waals surface area contributed by atoms with Crippen LogP contribution in [-0.4, -0.2) is 23.4 Å². The third kappa shape index (κ3) is 3.45. The number of nitro groups is 1. The van der Waals surface area contributed by atoms with Crippen LogP contribution in [0.25, 0.3) is 0 Å². The molecule has 0 aliphatic rings. The summed E-state index contributed by atoms with van der Waals surface area (Å²) in [5.74, 6) is 0.412. The van der Waals surface area contributed by atoms with E-state index in [0.717, 1.165) is 0 Å². The number of ether oxygens (including phenoxy) is 1. The van der Waals surface area contributed by atoms with E-state index >= 15 is 0 Å². The highest BCUT2D eigenvalue weighted by Crippen LogP contribution is 2.34. The summed E-state index contributed by atoms with van der Waals surface area (Å²) in [4.78, 5) is 14.5. The topological polar surface area (TPSA) is 85.0 Å². The van der Waals surface area contributed by atoms with Gasteiger partial charge in [-0.15, -0.1) is 0 Å². The van der Waals surface area contributed by atoms with Crippen molar-refractivity contribution in [3.8, 4) is 11.5 Å². The smallest absolute Gasteiger partial charge is 0.271 e. The van der Waals surface area contributed by atoms with Gasteiger partial charge in [0.15, 0.2) is 0 Å². The Hall–Kier alpha value is -1.93. The number of aliphatic imine (C=N–C) groups is 1. The lowest BCUT2D eigenvalue weighted by Crippen LogP contribution is -1.90. The number of aromatic hydroxyl groups is 1. The molecule has 0 bridgehead atoms. The second-order valence-electron chi connectivity index (χ2n) is 4.16. The molecule has 0 atom stereocenters. The van der Waals surface area contributed by atoms with Crippen LogP contribution in [0.3, 0.4) is 0 Å². The van der Waals surface area contributed by atoms with Gasteiger partial charge in [0.25, 0.3) is 5.69 Å². The lowest BCUT2D eigenvalue weighted by molar-refractivity contribution is -0.384. The standard InChI is InChI=1S/C14H10Br2N2O4/c1-22-13-5-2-8(18(20)21)6-12(13)17-7-9-10(15)3-4-11(16)14(9)19/h2-7,19H,1H3. The number of methoxy groups -OCH3 is 1. The van der Waals surface area contributed by atoms with Crippen LogP contribution in [-0.2, 0) is 0 Å². The number of non-ortho nitro benzene ring substituents is 1. The van der Waals surface area contributed by atoms with Gasteiger partial charge in [0.2, 0.25) is 0 Å². The molecular weight excluding hydrogens is 420 g/mol. The van der Waals surface area contributed by atoms with Gasteiger partial charge in [0.05, 0.1) is 16.5 Å². The van der Waals surface area contributed by atoms with Crippen molar-refractivity contribution in [1.29, 1.82) is 0 Å². The van der Waals surface area contributed by atoms with Gasteiger partial charge >= 0.3 is 0 Å². The number of hydrogen-bond acceptors (Lipinski definition) is 5. The summed E-state index contributed by atoms with van der Waals surface area (Å²) in [6.07, 6.45) is 1.41. The first kappa shape index (κ1) is 16.4. The average molecular weight is 430 g/mol. The first-order valence-electron chi connectivity index (χ1n) is 5.97. The number of halogens is 2. The number of hydrogen-bond donors (Lipinski definition) is 1. The highest BCUT2D eigenvalue weighted by Gasteiger charge is 2.12. The van der Waals surface area contributed by atoms with E-state index in [0.29, 0.717) is 25.9 Å². The molecule has 0 heterocycles. The van der Waals surface area contributed by atoms with Crippen LogP contribution >= 0.6 is 31.9 Å². The fourth-order valence-electron chi connectivity index (χ4n) is 1.71. The van der Waals surface area contributed by atoms with E-state index in [2.05, 4.69) is 36.9 Å². The van der Waals surface area contributed by atoms with Gasteiger partial charge < -0.3 is 9.84 Å². The molecule has 2 rings (SSSR count). The van der Waals surface area contributed by atoms with Crippen LogP contribution in [0.4, 0.5) is 11.4 Å². The summed E-state index contributed by atoms with van der Waals surface area (Å²) >= 11 is 6.54. The summed E-state index contributed by atoms with van der Waals surface area (Å²) in [5.41, 5.74) is 0.649. The fraction of sp³-hybridized carbons (Fsp3) is 0.0714. The fourth-order valence-corrected chi connectivity index (χ4v) is 2.47. The van der Waals surface area contributed by atoms with E-state index in [9.17, 15) is 15.2 Å². The van der Waals surface area contributed by atoms with Crippen molar-refractivity contribution in [1.82, 2.24) is 0 Å². The quantitative estimate of drug-likeness (QED) is 0.437. The number of benzene rings is 2. The van der Waals surface area contributed by atoms with Crippen LogP contribution in [0.15, 0.2) is 44.3 Å². The van der Waals surface area contributed by atoms with Gasteiger partial charge in [0.1, 0.15) is 17.2 Å². The maximum atomic E-state index is 10.8. The molecule has 0 aliphatic heterocycles. The van der Waals surface area contributed by atoms with E-state index in [1.165, 1.54) is 31.5 Å². The molecule has 0 aromatic heterocycles. The molecule has 2 aromatic carbocycles. The second kappa shape index (κ2) is 6.89. The van der Waals surface area contributed by atoms with Gasteiger partial charge in [0, 0.05) is 28.4 Å². The van der Waals surface area contributed by atoms with Crippen LogP contribution < -0.4 is 4.74 Å². The zero-order valence-electron chi connectivity index (χ0n) is 11.3. The second-order valence-corrected chi connectivity index (χ2v) is 5.87. The molecule has 0 unspecified atom stereocenters. The predicted octanol–water partition coefficient (Wildman–Crippen LogP) is 4.58. The van der Waals surface area contributed by atoms with Crippen molar-refractivity contribution in [2.45, 2.75) is 0 Å². The Morgan fingerprint density at radius 3 is 2.59 bits per heavy atom. The minimum atomic E-state index is -0.509. The van der Waals surface area contributed by atoms with E-state index in [1.807, 2.05) is 0 Å². The Bertz CT molecular complexity index is 763. The molecule has 0 aliphatic carbocycles. The summed E-state index contributed by atoms with van der Waals surface area (Å²) < 4.78 is 6.29. The lowest BCUT2D eigenvalue weighted by Gasteiger charge is -2.06. The molecule has 8 heteroatoms. The molecule has 0 spiro atoms. The van der Waals surface area contributed by atoms with Crippen molar-refractivity contribution >= 4 is 49.4 Å². The van der Waals surface area contributed by atoms with Crippen LogP contribution in [0, 0.1) is 10.1 Å². The number of phenolic OH excluding ortho intramolecular Hbond substituents is 1. The van der Waals surface area contributed by atoms with Crippen molar-refractivity contribution in [3.63, 3.8) is 0 Å². The van der Waals surface area contributed by atoms with Gasteiger partial charge in [-0.3, -0.25) is 15.1 Å². The van der Waals surface area contributed by atoms with E-state index in [1.54, 1.807) is 12.1 Å². The minimum Gasteiger partial charge on any atom is -0.506 e. The molecule has 22 heavy (non-hydrogen) atoms. The molecule has 0 saturated heterocycles. The number of nitrogens with zero attached hydrogens (tertiary/aromatic N) is 2. The SMILES string of the molecule is COc1ccc([N+](=O)[O-])cc1N=Cc1c(Br)ccc(Br)c1O. The van der Waals surface area contributed by atoms with Crippen LogP contribution in [0.5, 0.6) is 11.5 Å². The zero-order chi connectivity index (χ0) is 16.3. The molecule has 2 aromatic rings. The Balaban J connectivity index is 2.48. The Morgan fingerprint density at radius 2 is 1.95 bits per heavy atom. The third-order valence-corrected chi connectivity index (χ3v) is 4.15. The highest BCUT2D eigenvalue weighted by atomic mass is 79.9. The first-order valence-corrected chi connectivity index (χ1v) is 7.56. The number of phenols is 1. The molecule has 0 radical (unpaired) electrons. The third-order valence-electron chi connectivity index (χ3n) is 2.82. The van der Waals surface area contributed by atoms with E-state index in [-0.39, 0.29) is 11.4 Å². The van der Waals surface area contributed by atoms with Gasteiger partial charge in [-0.05, 0) is 50.1 Å². The van der Waals surface area contributed by atoms with Crippen molar-refractivity contribution in [2.75, 3.05) is 7.11 Å². The summed E-state index contributed by atoms with van der Waals surface area (Å²) in [6, 6.07) is 7.55. The normalized spacial score (nSPS) is 10.9. The van der Waals surface area contributed by atoms with E-state index in [4.69, 9.17) is 4.74 Å². The van der Waals surface area contributed by atoms with E-state index < -0.39 is 4.92 Å². The van der Waals surface area contributed by atoms with Crippen LogP contribution in [0.1, 0.15) is 5.56 Å². The van der Waals surface area contributed by atoms with Gasteiger partial charge in [-0.1, -0.05) is 0 Å². The Kier molecular flexibility index (Phi) is 5.15. The van der Waals surface area contributed by atoms with Crippen molar-refractivity contribution in [2.24, 2.45) is 4.99 Å². The molecule has 6 nitrogen and oxygen atoms in total. The minimum absolute atomic E-state index is 0.0162. The summed E-state index contributed by atoms with van der Waals surface area (Å²) in [6.45, 7) is 0.